The minimum Gasteiger partial charge on any atom is -0.459 e. The van der Waals surface area contributed by atoms with Crippen LogP contribution in [0.3, 0.4) is 0 Å². The van der Waals surface area contributed by atoms with E-state index in [1.165, 1.54) is 4.90 Å². The predicted molar refractivity (Wildman–Crippen MR) is 83.8 cm³/mol. The molecule has 0 spiro atoms. The number of hydrogen-bond donors (Lipinski definition) is 0. The highest BCUT2D eigenvalue weighted by Gasteiger charge is 2.34. The standard InChI is InChI=1S/C17H23NO5/c1-17(2,3)23-16(20)18(14-11-21-12-14)9-15(19)22-10-13-7-5-4-6-8-13/h4-8,14H,9-12H2,1-3H3. The molecule has 126 valence electrons. The van der Waals surface area contributed by atoms with E-state index in [2.05, 4.69) is 0 Å². The molecule has 1 aliphatic heterocycles. The normalized spacial score (nSPS) is 14.7. The van der Waals surface area contributed by atoms with Crippen molar-refractivity contribution in [2.24, 2.45) is 0 Å². The van der Waals surface area contributed by atoms with Crippen molar-refractivity contribution in [3.8, 4) is 0 Å². The number of ether oxygens (including phenoxy) is 3. The lowest BCUT2D eigenvalue weighted by Gasteiger charge is -2.37. The van der Waals surface area contributed by atoms with Crippen molar-refractivity contribution < 1.29 is 23.8 Å². The van der Waals surface area contributed by atoms with Gasteiger partial charge in [-0.15, -0.1) is 0 Å². The summed E-state index contributed by atoms with van der Waals surface area (Å²) in [7, 11) is 0. The minimum atomic E-state index is -0.617. The molecule has 1 aromatic rings. The van der Waals surface area contributed by atoms with Crippen LogP contribution in [0.15, 0.2) is 30.3 Å². The van der Waals surface area contributed by atoms with Crippen LogP contribution in [-0.4, -0.2) is 48.4 Å². The van der Waals surface area contributed by atoms with Gasteiger partial charge in [-0.05, 0) is 26.3 Å². The molecule has 23 heavy (non-hydrogen) atoms. The summed E-state index contributed by atoms with van der Waals surface area (Å²) >= 11 is 0. The van der Waals surface area contributed by atoms with Crippen molar-refractivity contribution in [3.63, 3.8) is 0 Å². The molecule has 1 fully saturated rings. The molecular weight excluding hydrogens is 298 g/mol. The third-order valence-electron chi connectivity index (χ3n) is 3.23. The average molecular weight is 321 g/mol. The Labute approximate surface area is 136 Å². The molecule has 0 unspecified atom stereocenters. The second-order valence-corrected chi connectivity index (χ2v) is 6.45. The molecule has 0 radical (unpaired) electrons. The third kappa shape index (κ3) is 5.56. The quantitative estimate of drug-likeness (QED) is 0.779. The van der Waals surface area contributed by atoms with E-state index in [9.17, 15) is 9.59 Å². The van der Waals surface area contributed by atoms with Gasteiger partial charge in [0.05, 0.1) is 19.3 Å². The molecule has 0 bridgehead atoms. The first-order valence-electron chi connectivity index (χ1n) is 7.62. The molecule has 0 saturated carbocycles. The van der Waals surface area contributed by atoms with E-state index in [1.807, 2.05) is 30.3 Å². The molecular formula is C17H23NO5. The first kappa shape index (κ1) is 17.3. The smallest absolute Gasteiger partial charge is 0.411 e. The molecule has 1 aliphatic rings. The van der Waals surface area contributed by atoms with E-state index in [1.54, 1.807) is 20.8 Å². The Morgan fingerprint density at radius 3 is 2.39 bits per heavy atom. The van der Waals surface area contributed by atoms with Gasteiger partial charge in [0.2, 0.25) is 0 Å². The topological polar surface area (TPSA) is 65.1 Å². The van der Waals surface area contributed by atoms with Gasteiger partial charge in [0.1, 0.15) is 18.8 Å². The molecule has 0 N–H and O–H groups in total. The Morgan fingerprint density at radius 2 is 1.87 bits per heavy atom. The zero-order valence-electron chi connectivity index (χ0n) is 13.8. The minimum absolute atomic E-state index is 0.143. The van der Waals surface area contributed by atoms with Crippen LogP contribution in [0.1, 0.15) is 26.3 Å². The van der Waals surface area contributed by atoms with Gasteiger partial charge in [0.25, 0.3) is 0 Å². The maximum absolute atomic E-state index is 12.2. The molecule has 1 saturated heterocycles. The Morgan fingerprint density at radius 1 is 1.22 bits per heavy atom. The first-order chi connectivity index (χ1) is 10.8. The maximum atomic E-state index is 12.2. The van der Waals surface area contributed by atoms with Gasteiger partial charge < -0.3 is 14.2 Å². The molecule has 0 aliphatic carbocycles. The van der Waals surface area contributed by atoms with Crippen molar-refractivity contribution >= 4 is 12.1 Å². The van der Waals surface area contributed by atoms with Crippen LogP contribution in [-0.2, 0) is 25.6 Å². The number of esters is 1. The highest BCUT2D eigenvalue weighted by atomic mass is 16.6. The number of carbonyl (C=O) groups is 2. The van der Waals surface area contributed by atoms with Crippen LogP contribution >= 0.6 is 0 Å². The van der Waals surface area contributed by atoms with Gasteiger partial charge in [-0.2, -0.15) is 0 Å². The number of rotatable bonds is 5. The molecule has 1 heterocycles. The Hall–Kier alpha value is -2.08. The fourth-order valence-corrected chi connectivity index (χ4v) is 1.99. The molecule has 2 rings (SSSR count). The van der Waals surface area contributed by atoms with Crippen molar-refractivity contribution in [1.82, 2.24) is 4.90 Å². The van der Waals surface area contributed by atoms with E-state index < -0.39 is 17.7 Å². The first-order valence-corrected chi connectivity index (χ1v) is 7.62. The summed E-state index contributed by atoms with van der Waals surface area (Å²) in [5, 5.41) is 0. The molecule has 1 aromatic carbocycles. The zero-order chi connectivity index (χ0) is 16.9. The summed E-state index contributed by atoms with van der Waals surface area (Å²) in [6.07, 6.45) is -0.525. The summed E-state index contributed by atoms with van der Waals surface area (Å²) in [5.41, 5.74) is 0.282. The summed E-state index contributed by atoms with van der Waals surface area (Å²) in [5.74, 6) is -0.466. The van der Waals surface area contributed by atoms with E-state index in [0.29, 0.717) is 13.2 Å². The number of hydrogen-bond acceptors (Lipinski definition) is 5. The van der Waals surface area contributed by atoms with Crippen LogP contribution in [0.2, 0.25) is 0 Å². The molecule has 0 atom stereocenters. The van der Waals surface area contributed by atoms with Gasteiger partial charge in [-0.3, -0.25) is 9.69 Å². The Kier molecular flexibility index (Phi) is 5.60. The summed E-state index contributed by atoms with van der Waals surface area (Å²) in [6.45, 7) is 6.21. The fourth-order valence-electron chi connectivity index (χ4n) is 1.99. The van der Waals surface area contributed by atoms with Gasteiger partial charge >= 0.3 is 12.1 Å². The van der Waals surface area contributed by atoms with E-state index in [4.69, 9.17) is 14.2 Å². The zero-order valence-corrected chi connectivity index (χ0v) is 13.8. The Balaban J connectivity index is 1.89. The molecule has 1 amide bonds. The summed E-state index contributed by atoms with van der Waals surface area (Å²) in [6, 6.07) is 9.25. The third-order valence-corrected chi connectivity index (χ3v) is 3.23. The number of nitrogens with zero attached hydrogens (tertiary/aromatic N) is 1. The lowest BCUT2D eigenvalue weighted by molar-refractivity contribution is -0.149. The van der Waals surface area contributed by atoms with Crippen molar-refractivity contribution in [1.29, 1.82) is 0 Å². The number of carbonyl (C=O) groups excluding carboxylic acids is 2. The lowest BCUT2D eigenvalue weighted by atomic mass is 10.2. The molecule has 6 nitrogen and oxygen atoms in total. The largest absolute Gasteiger partial charge is 0.459 e. The second-order valence-electron chi connectivity index (χ2n) is 6.45. The second kappa shape index (κ2) is 7.46. The summed E-state index contributed by atoms with van der Waals surface area (Å²) in [4.78, 5) is 25.6. The van der Waals surface area contributed by atoms with Crippen LogP contribution in [0.25, 0.3) is 0 Å². The fraction of sp³-hybridized carbons (Fsp3) is 0.529. The van der Waals surface area contributed by atoms with Gasteiger partial charge in [0.15, 0.2) is 0 Å². The molecule has 6 heteroatoms. The van der Waals surface area contributed by atoms with Crippen molar-refractivity contribution in [3.05, 3.63) is 35.9 Å². The van der Waals surface area contributed by atoms with E-state index >= 15 is 0 Å². The van der Waals surface area contributed by atoms with Crippen molar-refractivity contribution in [2.75, 3.05) is 19.8 Å². The number of amides is 1. The monoisotopic (exact) mass is 321 g/mol. The predicted octanol–water partition coefficient (Wildman–Crippen LogP) is 2.37. The van der Waals surface area contributed by atoms with E-state index in [-0.39, 0.29) is 19.2 Å². The van der Waals surface area contributed by atoms with Crippen LogP contribution < -0.4 is 0 Å². The van der Waals surface area contributed by atoms with Crippen LogP contribution in [0.5, 0.6) is 0 Å². The highest BCUT2D eigenvalue weighted by molar-refractivity contribution is 5.78. The Bertz CT molecular complexity index is 534. The van der Waals surface area contributed by atoms with Crippen LogP contribution in [0.4, 0.5) is 4.79 Å². The average Bonchev–Trinajstić information content (AvgIpc) is 2.42. The van der Waals surface area contributed by atoms with Gasteiger partial charge in [0, 0.05) is 0 Å². The maximum Gasteiger partial charge on any atom is 0.411 e. The SMILES string of the molecule is CC(C)(C)OC(=O)N(CC(=O)OCc1ccccc1)C1COC1. The summed E-state index contributed by atoms with van der Waals surface area (Å²) < 4.78 is 15.7. The van der Waals surface area contributed by atoms with Gasteiger partial charge in [-0.1, -0.05) is 30.3 Å². The molecule has 0 aromatic heterocycles. The number of benzene rings is 1. The van der Waals surface area contributed by atoms with Crippen LogP contribution in [0, 0.1) is 0 Å². The van der Waals surface area contributed by atoms with Gasteiger partial charge in [-0.25, -0.2) is 4.79 Å². The lowest BCUT2D eigenvalue weighted by Crippen LogP contribution is -2.54. The van der Waals surface area contributed by atoms with E-state index in [0.717, 1.165) is 5.56 Å². The van der Waals surface area contributed by atoms with Crippen molar-refractivity contribution in [2.45, 2.75) is 39.0 Å². The highest BCUT2D eigenvalue weighted by Crippen LogP contribution is 2.16.